The molecular formula is C14H14O2. The van der Waals surface area contributed by atoms with Crippen molar-refractivity contribution in [3.8, 4) is 5.75 Å². The topological polar surface area (TPSA) is 29.5 Å². The van der Waals surface area contributed by atoms with Gasteiger partial charge in [0.2, 0.25) is 0 Å². The summed E-state index contributed by atoms with van der Waals surface area (Å²) < 4.78 is 5.51. The van der Waals surface area contributed by atoms with E-state index >= 15 is 0 Å². The highest BCUT2D eigenvalue weighted by Crippen LogP contribution is 2.35. The zero-order valence-corrected chi connectivity index (χ0v) is 9.18. The molecule has 0 fully saturated rings. The Bertz CT molecular complexity index is 533. The van der Waals surface area contributed by atoms with Crippen molar-refractivity contribution in [2.45, 2.75) is 19.6 Å². The van der Waals surface area contributed by atoms with Crippen LogP contribution >= 0.6 is 0 Å². The van der Waals surface area contributed by atoms with E-state index in [1.807, 2.05) is 31.2 Å². The van der Waals surface area contributed by atoms with Crippen LogP contribution in [0.5, 0.6) is 5.75 Å². The van der Waals surface area contributed by atoms with Crippen molar-refractivity contribution in [3.63, 3.8) is 0 Å². The molecule has 1 N–H and O–H groups in total. The van der Waals surface area contributed by atoms with Gasteiger partial charge in [-0.2, -0.15) is 0 Å². The maximum atomic E-state index is 9.67. The number of aliphatic hydroxyl groups excluding tert-OH is 1. The molecule has 16 heavy (non-hydrogen) atoms. The number of rotatable bonds is 0. The van der Waals surface area contributed by atoms with Gasteiger partial charge in [0.15, 0.2) is 6.29 Å². The van der Waals surface area contributed by atoms with Crippen molar-refractivity contribution in [3.05, 3.63) is 42.0 Å². The van der Waals surface area contributed by atoms with Gasteiger partial charge in [0.05, 0.1) is 0 Å². The quantitative estimate of drug-likeness (QED) is 0.730. The third-order valence-corrected chi connectivity index (χ3v) is 3.26. The van der Waals surface area contributed by atoms with Crippen molar-refractivity contribution >= 4 is 10.8 Å². The van der Waals surface area contributed by atoms with Crippen LogP contribution in [-0.2, 0) is 6.42 Å². The van der Waals surface area contributed by atoms with E-state index in [0.717, 1.165) is 12.2 Å². The van der Waals surface area contributed by atoms with E-state index in [0.29, 0.717) is 0 Å². The molecule has 0 saturated carbocycles. The first kappa shape index (κ1) is 9.67. The fourth-order valence-electron chi connectivity index (χ4n) is 2.31. The monoisotopic (exact) mass is 214 g/mol. The highest BCUT2D eigenvalue weighted by atomic mass is 16.6. The molecule has 1 heterocycles. The van der Waals surface area contributed by atoms with E-state index in [9.17, 15) is 5.11 Å². The lowest BCUT2D eigenvalue weighted by Crippen LogP contribution is -2.30. The summed E-state index contributed by atoms with van der Waals surface area (Å²) in [4.78, 5) is 0. The Morgan fingerprint density at radius 1 is 1.19 bits per heavy atom. The second-order valence-electron chi connectivity index (χ2n) is 4.45. The van der Waals surface area contributed by atoms with Gasteiger partial charge in [0.1, 0.15) is 5.75 Å². The van der Waals surface area contributed by atoms with Crippen molar-refractivity contribution < 1.29 is 9.84 Å². The van der Waals surface area contributed by atoms with Crippen LogP contribution in [0, 0.1) is 5.92 Å². The Hall–Kier alpha value is -1.54. The number of fused-ring (bicyclic) bond motifs is 3. The van der Waals surface area contributed by atoms with Gasteiger partial charge in [-0.1, -0.05) is 37.3 Å². The van der Waals surface area contributed by atoms with Gasteiger partial charge in [0, 0.05) is 11.5 Å². The first-order valence-electron chi connectivity index (χ1n) is 5.61. The Balaban J connectivity index is 2.23. The smallest absolute Gasteiger partial charge is 0.200 e. The zero-order chi connectivity index (χ0) is 11.1. The average molecular weight is 214 g/mol. The van der Waals surface area contributed by atoms with Crippen LogP contribution in [0.4, 0.5) is 0 Å². The third-order valence-electron chi connectivity index (χ3n) is 3.26. The molecular weight excluding hydrogens is 200 g/mol. The molecule has 82 valence electrons. The Kier molecular flexibility index (Phi) is 2.11. The van der Waals surface area contributed by atoms with Crippen LogP contribution in [0.1, 0.15) is 12.5 Å². The predicted molar refractivity (Wildman–Crippen MR) is 63.5 cm³/mol. The van der Waals surface area contributed by atoms with E-state index in [1.54, 1.807) is 0 Å². The SMILES string of the molecule is CC1Cc2c(ccc3ccccc23)OC1O. The molecule has 2 aromatic carbocycles. The van der Waals surface area contributed by atoms with Crippen LogP contribution < -0.4 is 4.74 Å². The van der Waals surface area contributed by atoms with Crippen molar-refractivity contribution in [2.75, 3.05) is 0 Å². The third kappa shape index (κ3) is 1.38. The van der Waals surface area contributed by atoms with E-state index in [2.05, 4.69) is 12.1 Å². The molecule has 1 aliphatic heterocycles. The Morgan fingerprint density at radius 2 is 2.00 bits per heavy atom. The van der Waals surface area contributed by atoms with Crippen LogP contribution in [-0.4, -0.2) is 11.4 Å². The van der Waals surface area contributed by atoms with Gasteiger partial charge in [-0.05, 0) is 23.3 Å². The van der Waals surface area contributed by atoms with Crippen LogP contribution in [0.25, 0.3) is 10.8 Å². The molecule has 2 aromatic rings. The fourth-order valence-corrected chi connectivity index (χ4v) is 2.31. The summed E-state index contributed by atoms with van der Waals surface area (Å²) in [7, 11) is 0. The lowest BCUT2D eigenvalue weighted by atomic mass is 9.92. The second-order valence-corrected chi connectivity index (χ2v) is 4.45. The second kappa shape index (κ2) is 3.49. The van der Waals surface area contributed by atoms with Crippen molar-refractivity contribution in [2.24, 2.45) is 5.92 Å². The normalized spacial score (nSPS) is 23.9. The summed E-state index contributed by atoms with van der Waals surface area (Å²) in [5.74, 6) is 0.975. The first-order valence-corrected chi connectivity index (χ1v) is 5.61. The van der Waals surface area contributed by atoms with Crippen LogP contribution in [0.2, 0.25) is 0 Å². The summed E-state index contributed by atoms with van der Waals surface area (Å²) >= 11 is 0. The molecule has 0 aliphatic carbocycles. The molecule has 1 aliphatic rings. The Labute approximate surface area is 94.5 Å². The minimum absolute atomic E-state index is 0.151. The van der Waals surface area contributed by atoms with Gasteiger partial charge < -0.3 is 9.84 Å². The first-order chi connectivity index (χ1) is 7.75. The zero-order valence-electron chi connectivity index (χ0n) is 9.18. The Morgan fingerprint density at radius 3 is 2.88 bits per heavy atom. The molecule has 0 bridgehead atoms. The largest absolute Gasteiger partial charge is 0.465 e. The highest BCUT2D eigenvalue weighted by Gasteiger charge is 2.25. The maximum absolute atomic E-state index is 9.67. The minimum atomic E-state index is -0.673. The van der Waals surface area contributed by atoms with E-state index in [1.165, 1.54) is 16.3 Å². The number of benzene rings is 2. The molecule has 0 aromatic heterocycles. The molecule has 3 rings (SSSR count). The summed E-state index contributed by atoms with van der Waals surface area (Å²) in [6.45, 7) is 2.01. The summed E-state index contributed by atoms with van der Waals surface area (Å²) in [5, 5.41) is 12.1. The molecule has 2 atom stereocenters. The molecule has 0 radical (unpaired) electrons. The predicted octanol–water partition coefficient (Wildman–Crippen LogP) is 2.73. The molecule has 0 saturated heterocycles. The lowest BCUT2D eigenvalue weighted by Gasteiger charge is -2.28. The number of ether oxygens (including phenoxy) is 1. The summed E-state index contributed by atoms with van der Waals surface area (Å²) in [6.07, 6.45) is 0.200. The van der Waals surface area contributed by atoms with Gasteiger partial charge in [-0.25, -0.2) is 0 Å². The van der Waals surface area contributed by atoms with E-state index in [4.69, 9.17) is 4.74 Å². The minimum Gasteiger partial charge on any atom is -0.465 e. The van der Waals surface area contributed by atoms with Gasteiger partial charge >= 0.3 is 0 Å². The van der Waals surface area contributed by atoms with Gasteiger partial charge in [-0.15, -0.1) is 0 Å². The van der Waals surface area contributed by atoms with Crippen LogP contribution in [0.15, 0.2) is 36.4 Å². The molecule has 2 unspecified atom stereocenters. The lowest BCUT2D eigenvalue weighted by molar-refractivity contribution is -0.0666. The number of hydrogen-bond donors (Lipinski definition) is 1. The average Bonchev–Trinajstić information content (AvgIpc) is 2.31. The molecule has 2 heteroatoms. The van der Waals surface area contributed by atoms with Gasteiger partial charge in [-0.3, -0.25) is 0 Å². The molecule has 2 nitrogen and oxygen atoms in total. The highest BCUT2D eigenvalue weighted by molar-refractivity contribution is 5.87. The van der Waals surface area contributed by atoms with Crippen LogP contribution in [0.3, 0.4) is 0 Å². The van der Waals surface area contributed by atoms with Gasteiger partial charge in [0.25, 0.3) is 0 Å². The van der Waals surface area contributed by atoms with Crippen molar-refractivity contribution in [1.82, 2.24) is 0 Å². The van der Waals surface area contributed by atoms with E-state index < -0.39 is 6.29 Å². The maximum Gasteiger partial charge on any atom is 0.200 e. The molecule has 0 amide bonds. The number of hydrogen-bond acceptors (Lipinski definition) is 2. The number of aliphatic hydroxyl groups is 1. The molecule has 0 spiro atoms. The van der Waals surface area contributed by atoms with Crippen molar-refractivity contribution in [1.29, 1.82) is 0 Å². The summed E-state index contributed by atoms with van der Waals surface area (Å²) in [6, 6.07) is 12.3. The summed E-state index contributed by atoms with van der Waals surface area (Å²) in [5.41, 5.74) is 1.22. The van der Waals surface area contributed by atoms with E-state index in [-0.39, 0.29) is 5.92 Å². The fraction of sp³-hybridized carbons (Fsp3) is 0.286. The standard InChI is InChI=1S/C14H14O2/c1-9-8-12-11-5-3-2-4-10(11)6-7-13(12)16-14(9)15/h2-7,9,14-15H,8H2,1H3.